The van der Waals surface area contributed by atoms with Crippen molar-refractivity contribution in [1.82, 2.24) is 14.9 Å². The number of halogens is 1. The summed E-state index contributed by atoms with van der Waals surface area (Å²) in [7, 11) is 1.99. The summed E-state index contributed by atoms with van der Waals surface area (Å²) in [5, 5.41) is 21.5. The first-order chi connectivity index (χ1) is 16.1. The van der Waals surface area contributed by atoms with Gasteiger partial charge >= 0.3 is 0 Å². The van der Waals surface area contributed by atoms with Crippen LogP contribution in [0.25, 0.3) is 22.3 Å². The highest BCUT2D eigenvalue weighted by atomic mass is 79.9. The van der Waals surface area contributed by atoms with Gasteiger partial charge in [0.15, 0.2) is 5.41 Å². The van der Waals surface area contributed by atoms with E-state index < -0.39 is 11.0 Å². The Morgan fingerprint density at radius 1 is 0.939 bits per heavy atom. The smallest absolute Gasteiger partial charge is 0.179 e. The summed E-state index contributed by atoms with van der Waals surface area (Å²) in [5.74, 6) is -0.331. The predicted molar refractivity (Wildman–Crippen MR) is 129 cm³/mol. The van der Waals surface area contributed by atoms with Crippen molar-refractivity contribution in [3.05, 3.63) is 94.1 Å². The van der Waals surface area contributed by atoms with Gasteiger partial charge in [0.2, 0.25) is 0 Å². The number of likely N-dealkylation sites (N-methyl/N-ethyl adjacent to an activating group) is 1. The lowest BCUT2D eigenvalue weighted by Crippen LogP contribution is -2.49. The van der Waals surface area contributed by atoms with Crippen molar-refractivity contribution in [3.63, 3.8) is 0 Å². The highest BCUT2D eigenvalue weighted by molar-refractivity contribution is 9.10. The third kappa shape index (κ3) is 2.37. The molecule has 5 nitrogen and oxygen atoms in total. The zero-order chi connectivity index (χ0) is 22.8. The Balaban J connectivity index is 1.74. The molecule has 6 rings (SSSR count). The van der Waals surface area contributed by atoms with Crippen LogP contribution in [0.2, 0.25) is 0 Å². The number of nitrogens with zero attached hydrogens (tertiary/aromatic N) is 5. The van der Waals surface area contributed by atoms with Crippen molar-refractivity contribution in [3.8, 4) is 23.4 Å². The van der Waals surface area contributed by atoms with Gasteiger partial charge in [-0.3, -0.25) is 4.90 Å². The number of fused-ring (bicyclic) bond motifs is 6. The van der Waals surface area contributed by atoms with Gasteiger partial charge in [-0.15, -0.1) is 0 Å². The molecule has 1 aromatic heterocycles. The number of hydrogen-bond donors (Lipinski definition) is 0. The first-order valence-electron chi connectivity index (χ1n) is 10.7. The lowest BCUT2D eigenvalue weighted by Gasteiger charge is -2.40. The average molecular weight is 492 g/mol. The highest BCUT2D eigenvalue weighted by Crippen LogP contribution is 2.65. The summed E-state index contributed by atoms with van der Waals surface area (Å²) in [4.78, 5) is 12.2. The molecule has 0 radical (unpaired) electrons. The molecule has 2 aliphatic rings. The number of nitriles is 2. The molecule has 0 unspecified atom stereocenters. The van der Waals surface area contributed by atoms with E-state index in [0.717, 1.165) is 37.9 Å². The van der Waals surface area contributed by atoms with Crippen LogP contribution in [0.5, 0.6) is 0 Å². The van der Waals surface area contributed by atoms with Crippen LogP contribution in [0.3, 0.4) is 0 Å². The van der Waals surface area contributed by atoms with Gasteiger partial charge in [-0.1, -0.05) is 64.5 Å². The molecule has 0 bridgehead atoms. The molecule has 2 atom stereocenters. The fourth-order valence-electron chi connectivity index (χ4n) is 5.88. The largest absolute Gasteiger partial charge is 0.289 e. The molecule has 1 saturated heterocycles. The molecule has 2 heterocycles. The Morgan fingerprint density at radius 3 is 2.36 bits per heavy atom. The van der Waals surface area contributed by atoms with Crippen LogP contribution in [-0.2, 0) is 5.54 Å². The maximum atomic E-state index is 10.8. The van der Waals surface area contributed by atoms with Crippen LogP contribution in [-0.4, -0.2) is 28.5 Å². The maximum absolute atomic E-state index is 10.8. The minimum Gasteiger partial charge on any atom is -0.289 e. The first-order valence-corrected chi connectivity index (χ1v) is 11.5. The summed E-state index contributed by atoms with van der Waals surface area (Å²) >= 11 is 3.56. The van der Waals surface area contributed by atoms with Crippen LogP contribution < -0.4 is 0 Å². The molecule has 0 saturated carbocycles. The SMILES string of the molecule is CN1C[C@H](c2cccc(Br)c2)C(C#N)(C#N)[C@]12c1ccccc1-c1nc3ccccc3nc12. The standard InChI is InChI=1S/C27H18BrN5/c1-33-14-21(17-7-6-8-18(28)13-17)26(15-29,16-30)27(33)20-10-3-2-9-19(20)24-25(27)32-23-12-5-4-11-22(23)31-24/h2-13,21H,14H2,1H3/t21-,27-/m1/s1. The maximum Gasteiger partial charge on any atom is 0.179 e. The van der Waals surface area contributed by atoms with Crippen molar-refractivity contribution < 1.29 is 0 Å². The molecule has 1 spiro atoms. The molecule has 4 aromatic rings. The zero-order valence-corrected chi connectivity index (χ0v) is 19.4. The number of rotatable bonds is 1. The van der Waals surface area contributed by atoms with E-state index in [1.807, 2.05) is 79.8 Å². The average Bonchev–Trinajstić information content (AvgIpc) is 3.28. The van der Waals surface area contributed by atoms with Gasteiger partial charge in [0.25, 0.3) is 0 Å². The van der Waals surface area contributed by atoms with E-state index in [1.165, 1.54) is 0 Å². The molecule has 1 aliphatic carbocycles. The fraction of sp³-hybridized carbons (Fsp3) is 0.185. The van der Waals surface area contributed by atoms with Crippen molar-refractivity contribution >= 4 is 27.0 Å². The van der Waals surface area contributed by atoms with E-state index in [4.69, 9.17) is 9.97 Å². The van der Waals surface area contributed by atoms with Crippen LogP contribution in [0.1, 0.15) is 22.7 Å². The van der Waals surface area contributed by atoms with Crippen LogP contribution in [0.15, 0.2) is 77.3 Å². The van der Waals surface area contributed by atoms with Gasteiger partial charge in [-0.25, -0.2) is 9.97 Å². The lowest BCUT2D eigenvalue weighted by molar-refractivity contribution is 0.165. The Bertz CT molecular complexity index is 1520. The number of para-hydroxylation sites is 2. The van der Waals surface area contributed by atoms with Gasteiger partial charge in [0.05, 0.1) is 34.6 Å². The van der Waals surface area contributed by atoms with Gasteiger partial charge in [-0.2, -0.15) is 10.5 Å². The number of benzene rings is 3. The minimum atomic E-state index is -1.40. The number of likely N-dealkylation sites (tertiary alicyclic amines) is 1. The Hall–Kier alpha value is -3.58. The Morgan fingerprint density at radius 2 is 1.64 bits per heavy atom. The second-order valence-corrected chi connectivity index (χ2v) is 9.60. The summed E-state index contributed by atoms with van der Waals surface area (Å²) in [6.07, 6.45) is 0. The van der Waals surface area contributed by atoms with Crippen molar-refractivity contribution in [2.24, 2.45) is 5.41 Å². The molecule has 1 aliphatic heterocycles. The normalized spacial score (nSPS) is 22.6. The quantitative estimate of drug-likeness (QED) is 0.357. The van der Waals surface area contributed by atoms with E-state index >= 15 is 0 Å². The molecule has 3 aromatic carbocycles. The van der Waals surface area contributed by atoms with Crippen LogP contribution in [0, 0.1) is 28.1 Å². The number of hydrogen-bond acceptors (Lipinski definition) is 5. The molecule has 158 valence electrons. The molecule has 6 heteroatoms. The first kappa shape index (κ1) is 20.1. The third-order valence-corrected chi connectivity index (χ3v) is 7.70. The van der Waals surface area contributed by atoms with Gasteiger partial charge in [0.1, 0.15) is 5.54 Å². The number of aromatic nitrogens is 2. The second kappa shape index (κ2) is 6.96. The van der Waals surface area contributed by atoms with Crippen molar-refractivity contribution in [2.75, 3.05) is 13.6 Å². The van der Waals surface area contributed by atoms with Gasteiger partial charge < -0.3 is 0 Å². The Labute approximate surface area is 200 Å². The van der Waals surface area contributed by atoms with E-state index in [0.29, 0.717) is 12.2 Å². The molecular weight excluding hydrogens is 474 g/mol. The third-order valence-electron chi connectivity index (χ3n) is 7.21. The van der Waals surface area contributed by atoms with Crippen molar-refractivity contribution in [2.45, 2.75) is 11.5 Å². The summed E-state index contributed by atoms with van der Waals surface area (Å²) in [6, 6.07) is 28.6. The fourth-order valence-corrected chi connectivity index (χ4v) is 6.30. The molecule has 33 heavy (non-hydrogen) atoms. The van der Waals surface area contributed by atoms with E-state index in [-0.39, 0.29) is 5.92 Å². The zero-order valence-electron chi connectivity index (χ0n) is 17.8. The summed E-state index contributed by atoms with van der Waals surface area (Å²) < 4.78 is 0.923. The predicted octanol–water partition coefficient (Wildman–Crippen LogP) is 5.38. The minimum absolute atomic E-state index is 0.331. The van der Waals surface area contributed by atoms with Crippen LogP contribution in [0.4, 0.5) is 0 Å². The van der Waals surface area contributed by atoms with E-state index in [9.17, 15) is 10.5 Å². The van der Waals surface area contributed by atoms with E-state index in [1.54, 1.807) is 0 Å². The summed E-state index contributed by atoms with van der Waals surface area (Å²) in [5.41, 5.74) is 3.36. The molecule has 1 fully saturated rings. The van der Waals surface area contributed by atoms with Gasteiger partial charge in [-0.05, 0) is 42.4 Å². The second-order valence-electron chi connectivity index (χ2n) is 8.69. The lowest BCUT2D eigenvalue weighted by atomic mass is 9.62. The molecule has 0 amide bonds. The molecule has 0 N–H and O–H groups in total. The molecular formula is C27H18BrN5. The topological polar surface area (TPSA) is 76.6 Å². The monoisotopic (exact) mass is 491 g/mol. The summed E-state index contributed by atoms with van der Waals surface area (Å²) in [6.45, 7) is 0.542. The van der Waals surface area contributed by atoms with E-state index in [2.05, 4.69) is 33.0 Å². The Kier molecular flexibility index (Phi) is 4.23. The van der Waals surface area contributed by atoms with Gasteiger partial charge in [0, 0.05) is 22.5 Å². The van der Waals surface area contributed by atoms with Crippen molar-refractivity contribution in [1.29, 1.82) is 10.5 Å². The van der Waals surface area contributed by atoms with Crippen LogP contribution >= 0.6 is 15.9 Å². The highest BCUT2D eigenvalue weighted by Gasteiger charge is 2.70.